The van der Waals surface area contributed by atoms with Crippen LogP contribution in [0.4, 0.5) is 0 Å². The Hall–Kier alpha value is -2.19. The maximum Gasteiger partial charge on any atom is 0.273 e. The zero-order chi connectivity index (χ0) is 18.7. The average molecular weight is 360 g/mol. The summed E-state index contributed by atoms with van der Waals surface area (Å²) in [5.74, 6) is 1.14. The van der Waals surface area contributed by atoms with Crippen molar-refractivity contribution in [2.24, 2.45) is 13.0 Å². The van der Waals surface area contributed by atoms with Crippen LogP contribution in [0, 0.1) is 12.8 Å². The molecule has 0 spiro atoms. The van der Waals surface area contributed by atoms with E-state index in [4.69, 9.17) is 4.42 Å². The second kappa shape index (κ2) is 8.01. The minimum Gasteiger partial charge on any atom is -0.440 e. The predicted octanol–water partition coefficient (Wildman–Crippen LogP) is 0.997. The number of aryl methyl sites for hydroxylation is 2. The largest absolute Gasteiger partial charge is 0.440 e. The molecule has 1 N–H and O–H groups in total. The Balaban J connectivity index is 1.52. The van der Waals surface area contributed by atoms with Crippen molar-refractivity contribution in [3.05, 3.63) is 23.8 Å². The van der Waals surface area contributed by atoms with Crippen LogP contribution in [-0.2, 0) is 7.05 Å². The summed E-state index contributed by atoms with van der Waals surface area (Å²) in [4.78, 5) is 21.6. The molecule has 1 aliphatic rings. The van der Waals surface area contributed by atoms with Gasteiger partial charge in [-0.15, -0.1) is 0 Å². The molecule has 2 aromatic heterocycles. The van der Waals surface area contributed by atoms with Crippen molar-refractivity contribution in [3.63, 3.8) is 0 Å². The van der Waals surface area contributed by atoms with Gasteiger partial charge in [-0.2, -0.15) is 5.10 Å². The van der Waals surface area contributed by atoms with Crippen molar-refractivity contribution in [1.82, 2.24) is 29.9 Å². The second-order valence-electron chi connectivity index (χ2n) is 7.25. The fraction of sp³-hybridized carbons (Fsp3) is 0.611. The lowest BCUT2D eigenvalue weighted by atomic mass is 10.1. The lowest BCUT2D eigenvalue weighted by molar-refractivity contribution is 0.0931. The van der Waals surface area contributed by atoms with E-state index in [2.05, 4.69) is 39.2 Å². The molecule has 1 aliphatic heterocycles. The minimum atomic E-state index is -0.188. The number of carbonyl (C=O) groups is 1. The van der Waals surface area contributed by atoms with Gasteiger partial charge in [-0.05, 0) is 19.9 Å². The van der Waals surface area contributed by atoms with Crippen LogP contribution in [-0.4, -0.2) is 76.8 Å². The Morgan fingerprint density at radius 2 is 2.04 bits per heavy atom. The summed E-state index contributed by atoms with van der Waals surface area (Å²) in [5.41, 5.74) is 1.11. The first kappa shape index (κ1) is 18.6. The number of rotatable bonds is 6. The van der Waals surface area contributed by atoms with Gasteiger partial charge in [-0.3, -0.25) is 9.48 Å². The van der Waals surface area contributed by atoms with E-state index in [1.165, 1.54) is 0 Å². The van der Waals surface area contributed by atoms with Gasteiger partial charge in [0.2, 0.25) is 5.89 Å². The highest BCUT2D eigenvalue weighted by atomic mass is 16.4. The molecule has 3 heterocycles. The third kappa shape index (κ3) is 4.50. The van der Waals surface area contributed by atoms with Gasteiger partial charge in [0.1, 0.15) is 5.76 Å². The summed E-state index contributed by atoms with van der Waals surface area (Å²) in [5, 5.41) is 7.09. The molecule has 0 aromatic carbocycles. The van der Waals surface area contributed by atoms with E-state index in [1.807, 2.05) is 13.2 Å². The zero-order valence-corrected chi connectivity index (χ0v) is 16.0. The second-order valence-corrected chi connectivity index (χ2v) is 7.25. The smallest absolute Gasteiger partial charge is 0.273 e. The van der Waals surface area contributed by atoms with Crippen molar-refractivity contribution in [1.29, 1.82) is 0 Å². The number of nitrogens with one attached hydrogen (secondary N) is 1. The summed E-state index contributed by atoms with van der Waals surface area (Å²) in [6.45, 7) is 9.93. The normalized spacial score (nSPS) is 17.4. The van der Waals surface area contributed by atoms with Crippen molar-refractivity contribution >= 4 is 5.91 Å². The van der Waals surface area contributed by atoms with Gasteiger partial charge in [-0.1, -0.05) is 6.92 Å². The van der Waals surface area contributed by atoms with Crippen LogP contribution in [0.3, 0.4) is 0 Å². The quantitative estimate of drug-likeness (QED) is 0.828. The molecule has 1 unspecified atom stereocenters. The van der Waals surface area contributed by atoms with Crippen molar-refractivity contribution in [3.8, 4) is 11.5 Å². The Morgan fingerprint density at radius 1 is 1.31 bits per heavy atom. The van der Waals surface area contributed by atoms with Crippen molar-refractivity contribution < 1.29 is 9.21 Å². The van der Waals surface area contributed by atoms with E-state index in [9.17, 15) is 4.79 Å². The molecule has 8 heteroatoms. The van der Waals surface area contributed by atoms with Crippen LogP contribution >= 0.6 is 0 Å². The third-order valence-electron chi connectivity index (χ3n) is 4.74. The summed E-state index contributed by atoms with van der Waals surface area (Å²) in [6, 6.07) is 0. The maximum atomic E-state index is 12.5. The molecule has 1 saturated heterocycles. The van der Waals surface area contributed by atoms with Gasteiger partial charge in [0.25, 0.3) is 5.91 Å². The molecule has 1 atom stereocenters. The van der Waals surface area contributed by atoms with E-state index >= 15 is 0 Å². The SMILES string of the molecule is Cc1oc(-c2cnn(C)c2)nc1C(=O)NCC(C)CN1CCN(C)CC1. The average Bonchev–Trinajstić information content (AvgIpc) is 3.20. The number of oxazole rings is 1. The van der Waals surface area contributed by atoms with Gasteiger partial charge < -0.3 is 19.5 Å². The molecule has 142 valence electrons. The zero-order valence-electron chi connectivity index (χ0n) is 16.0. The van der Waals surface area contributed by atoms with Gasteiger partial charge in [0.05, 0.1) is 11.8 Å². The number of aromatic nitrogens is 3. The van der Waals surface area contributed by atoms with E-state index in [0.29, 0.717) is 29.8 Å². The first-order chi connectivity index (χ1) is 12.4. The monoisotopic (exact) mass is 360 g/mol. The number of nitrogens with zero attached hydrogens (tertiary/aromatic N) is 5. The van der Waals surface area contributed by atoms with Crippen molar-refractivity contribution in [2.75, 3.05) is 46.3 Å². The molecule has 0 bridgehead atoms. The molecule has 2 aromatic rings. The highest BCUT2D eigenvalue weighted by molar-refractivity contribution is 5.93. The maximum absolute atomic E-state index is 12.5. The molecule has 0 saturated carbocycles. The summed E-state index contributed by atoms with van der Waals surface area (Å²) in [6.07, 6.45) is 3.48. The van der Waals surface area contributed by atoms with Crippen LogP contribution in [0.15, 0.2) is 16.8 Å². The molecule has 0 radical (unpaired) electrons. The topological polar surface area (TPSA) is 79.4 Å². The standard InChI is InChI=1S/C18H28N6O2/c1-13(11-24-7-5-22(3)6-8-24)9-19-17(25)16-14(2)26-18(21-16)15-10-20-23(4)12-15/h10,12-13H,5-9,11H2,1-4H3,(H,19,25). The van der Waals surface area contributed by atoms with Crippen molar-refractivity contribution in [2.45, 2.75) is 13.8 Å². The molecule has 8 nitrogen and oxygen atoms in total. The lowest BCUT2D eigenvalue weighted by Gasteiger charge is -2.33. The van der Waals surface area contributed by atoms with E-state index < -0.39 is 0 Å². The number of piperazine rings is 1. The number of hydrogen-bond donors (Lipinski definition) is 1. The van der Waals surface area contributed by atoms with Gasteiger partial charge in [0.15, 0.2) is 5.69 Å². The molecule has 1 fully saturated rings. The molecule has 1 amide bonds. The van der Waals surface area contributed by atoms with E-state index in [0.717, 1.165) is 38.3 Å². The summed E-state index contributed by atoms with van der Waals surface area (Å²) in [7, 11) is 3.98. The number of amides is 1. The highest BCUT2D eigenvalue weighted by Crippen LogP contribution is 2.21. The number of likely N-dealkylation sites (N-methyl/N-ethyl adjacent to an activating group) is 1. The van der Waals surface area contributed by atoms with E-state index in [-0.39, 0.29) is 5.91 Å². The van der Waals surface area contributed by atoms with Crippen LogP contribution in [0.25, 0.3) is 11.5 Å². The Bertz CT molecular complexity index is 745. The Kier molecular flexibility index (Phi) is 5.73. The number of carbonyl (C=O) groups excluding carboxylic acids is 1. The third-order valence-corrected chi connectivity index (χ3v) is 4.74. The predicted molar refractivity (Wildman–Crippen MR) is 98.9 cm³/mol. The van der Waals surface area contributed by atoms with Crippen LogP contribution in [0.5, 0.6) is 0 Å². The molecule has 0 aliphatic carbocycles. The van der Waals surface area contributed by atoms with Crippen LogP contribution in [0.1, 0.15) is 23.2 Å². The lowest BCUT2D eigenvalue weighted by Crippen LogP contribution is -2.46. The first-order valence-corrected chi connectivity index (χ1v) is 9.08. The fourth-order valence-corrected chi connectivity index (χ4v) is 3.15. The Morgan fingerprint density at radius 3 is 2.69 bits per heavy atom. The molecule has 26 heavy (non-hydrogen) atoms. The summed E-state index contributed by atoms with van der Waals surface area (Å²) < 4.78 is 7.31. The minimum absolute atomic E-state index is 0.188. The summed E-state index contributed by atoms with van der Waals surface area (Å²) >= 11 is 0. The molecular formula is C18H28N6O2. The molecule has 3 rings (SSSR count). The van der Waals surface area contributed by atoms with Crippen LogP contribution < -0.4 is 5.32 Å². The Labute approximate surface area is 154 Å². The highest BCUT2D eigenvalue weighted by Gasteiger charge is 2.20. The van der Waals surface area contributed by atoms with Gasteiger partial charge in [0, 0.05) is 52.5 Å². The fourth-order valence-electron chi connectivity index (χ4n) is 3.15. The molecular weight excluding hydrogens is 332 g/mol. The van der Waals surface area contributed by atoms with E-state index in [1.54, 1.807) is 17.8 Å². The first-order valence-electron chi connectivity index (χ1n) is 9.08. The van der Waals surface area contributed by atoms with Gasteiger partial charge >= 0.3 is 0 Å². The van der Waals surface area contributed by atoms with Crippen LogP contribution in [0.2, 0.25) is 0 Å². The number of hydrogen-bond acceptors (Lipinski definition) is 6. The van der Waals surface area contributed by atoms with Gasteiger partial charge in [-0.25, -0.2) is 4.98 Å².